The number of para-hydroxylation sites is 2. The molecule has 0 aromatic heterocycles. The summed E-state index contributed by atoms with van der Waals surface area (Å²) < 4.78 is 0. The van der Waals surface area contributed by atoms with Crippen LogP contribution in [0.5, 0.6) is 0 Å². The minimum absolute atomic E-state index is 0. The number of halogens is 2. The van der Waals surface area contributed by atoms with Gasteiger partial charge in [0.15, 0.2) is 0 Å². The Hall–Kier alpha value is -0.926. The van der Waals surface area contributed by atoms with Gasteiger partial charge < -0.3 is 40.8 Å². The molecule has 0 saturated carbocycles. The zero-order valence-electron chi connectivity index (χ0n) is 22.2. The molecule has 196 valence electrons. The van der Waals surface area contributed by atoms with Crippen molar-refractivity contribution in [3.8, 4) is 0 Å². The molecule has 2 rings (SSSR count). The number of nitrogens with one attached hydrogen (secondary N) is 3. The van der Waals surface area contributed by atoms with Crippen molar-refractivity contribution in [1.29, 1.82) is 0 Å². The van der Waals surface area contributed by atoms with Crippen molar-refractivity contribution in [2.75, 3.05) is 36.8 Å². The van der Waals surface area contributed by atoms with Crippen molar-refractivity contribution in [2.24, 2.45) is 0 Å². The van der Waals surface area contributed by atoms with Crippen molar-refractivity contribution < 1.29 is 41.3 Å². The van der Waals surface area contributed by atoms with Gasteiger partial charge in [0.25, 0.3) is 0 Å². The molecular weight excluding hydrogens is 508 g/mol. The molecule has 34 heavy (non-hydrogen) atoms. The smallest absolute Gasteiger partial charge is 1.00 e. The zero-order chi connectivity index (χ0) is 23.0. The Morgan fingerprint density at radius 3 is 1.00 bits per heavy atom. The van der Waals surface area contributed by atoms with E-state index in [2.05, 4.69) is 108 Å². The van der Waals surface area contributed by atoms with Crippen LogP contribution in [-0.2, 0) is 16.5 Å². The van der Waals surface area contributed by atoms with Crippen LogP contribution in [0.3, 0.4) is 0 Å². The number of hydrogen-bond acceptors (Lipinski definition) is 3. The summed E-state index contributed by atoms with van der Waals surface area (Å²) in [4.78, 5) is 0. The van der Waals surface area contributed by atoms with Gasteiger partial charge in [-0.15, -0.1) is 0 Å². The molecule has 0 aliphatic heterocycles. The number of anilines is 2. The summed E-state index contributed by atoms with van der Waals surface area (Å²) in [6.45, 7) is 22.0. The van der Waals surface area contributed by atoms with Crippen molar-refractivity contribution in [3.05, 3.63) is 58.7 Å². The molecule has 0 aliphatic rings. The van der Waals surface area contributed by atoms with Gasteiger partial charge in [-0.1, -0.05) is 91.8 Å². The topological polar surface area (TPSA) is 36.1 Å². The first-order chi connectivity index (χ1) is 14.7. The quantitative estimate of drug-likeness (QED) is 0.274. The van der Waals surface area contributed by atoms with Crippen LogP contribution in [0, 0.1) is 0 Å². The van der Waals surface area contributed by atoms with E-state index in [1.807, 2.05) is 0 Å². The van der Waals surface area contributed by atoms with Crippen LogP contribution in [0.1, 0.15) is 101 Å². The average molecular weight is 553 g/mol. The van der Waals surface area contributed by atoms with E-state index in [1.54, 1.807) is 0 Å². The number of hydrogen-bond donors (Lipinski definition) is 3. The standard InChI is InChI=1S/C28H45N3.2ClH.Ni/c1-19(2)23-11-9-12-24(20(3)4)27(23)30-17-15-29-16-18-31-28-25(21(5)6)13-10-14-26(28)22(7)8;;;/h9-14,19-22,29-31H,15-18H2,1-8H3;2*1H;/q;;;+2/p-2. The van der Waals surface area contributed by atoms with E-state index in [0.29, 0.717) is 23.7 Å². The summed E-state index contributed by atoms with van der Waals surface area (Å²) in [6.07, 6.45) is 0. The minimum Gasteiger partial charge on any atom is -1.00 e. The number of rotatable bonds is 12. The molecule has 0 saturated heterocycles. The van der Waals surface area contributed by atoms with Crippen molar-refractivity contribution in [3.63, 3.8) is 0 Å². The van der Waals surface area contributed by atoms with Crippen LogP contribution in [0.4, 0.5) is 11.4 Å². The summed E-state index contributed by atoms with van der Waals surface area (Å²) >= 11 is 0. The molecule has 2 aromatic rings. The second kappa shape index (κ2) is 17.5. The van der Waals surface area contributed by atoms with Crippen molar-refractivity contribution >= 4 is 11.4 Å². The maximum absolute atomic E-state index is 3.72. The molecule has 0 unspecified atom stereocenters. The summed E-state index contributed by atoms with van der Waals surface area (Å²) in [5.41, 5.74) is 8.33. The second-order valence-corrected chi connectivity index (χ2v) is 9.85. The minimum atomic E-state index is 0. The molecule has 0 spiro atoms. The summed E-state index contributed by atoms with van der Waals surface area (Å²) in [5.74, 6) is 2.09. The monoisotopic (exact) mass is 551 g/mol. The molecule has 0 heterocycles. The molecule has 0 atom stereocenters. The molecule has 0 fully saturated rings. The third-order valence-electron chi connectivity index (χ3n) is 5.95. The van der Waals surface area contributed by atoms with Gasteiger partial charge in [-0.25, -0.2) is 0 Å². The van der Waals surface area contributed by atoms with Gasteiger partial charge in [0.1, 0.15) is 0 Å². The van der Waals surface area contributed by atoms with Crippen LogP contribution in [0.25, 0.3) is 0 Å². The van der Waals surface area contributed by atoms with Gasteiger partial charge in [0.05, 0.1) is 0 Å². The number of benzene rings is 2. The third-order valence-corrected chi connectivity index (χ3v) is 5.95. The Labute approximate surface area is 231 Å². The molecule has 6 heteroatoms. The Balaban J connectivity index is 0. The Kier molecular flexibility index (Phi) is 18.1. The fourth-order valence-electron chi connectivity index (χ4n) is 4.19. The van der Waals surface area contributed by atoms with Crippen molar-refractivity contribution in [1.82, 2.24) is 5.32 Å². The fourth-order valence-corrected chi connectivity index (χ4v) is 4.19. The summed E-state index contributed by atoms with van der Waals surface area (Å²) in [5, 5.41) is 11.0. The van der Waals surface area contributed by atoms with Crippen LogP contribution < -0.4 is 40.8 Å². The molecule has 0 aliphatic carbocycles. The first kappa shape index (κ1) is 35.2. The SMILES string of the molecule is CC(C)c1cccc(C(C)C)c1NCCNCCNc1c(C(C)C)cccc1C(C)C.[Cl-].[Cl-].[Ni+2]. The first-order valence-electron chi connectivity index (χ1n) is 12.2. The van der Waals surface area contributed by atoms with E-state index in [9.17, 15) is 0 Å². The van der Waals surface area contributed by atoms with E-state index >= 15 is 0 Å². The van der Waals surface area contributed by atoms with Crippen LogP contribution >= 0.6 is 0 Å². The van der Waals surface area contributed by atoms with E-state index < -0.39 is 0 Å². The van der Waals surface area contributed by atoms with Crippen LogP contribution in [-0.4, -0.2) is 26.2 Å². The van der Waals surface area contributed by atoms with Gasteiger partial charge in [0.2, 0.25) is 0 Å². The molecule has 3 nitrogen and oxygen atoms in total. The Morgan fingerprint density at radius 2 is 0.765 bits per heavy atom. The first-order valence-corrected chi connectivity index (χ1v) is 12.2. The third kappa shape index (κ3) is 9.98. The molecular formula is C28H45Cl2N3Ni. The summed E-state index contributed by atoms with van der Waals surface area (Å²) in [7, 11) is 0. The summed E-state index contributed by atoms with van der Waals surface area (Å²) in [6, 6.07) is 13.4. The van der Waals surface area contributed by atoms with E-state index in [0.717, 1.165) is 26.2 Å². The largest absolute Gasteiger partial charge is 2.00 e. The molecule has 2 aromatic carbocycles. The van der Waals surface area contributed by atoms with Gasteiger partial charge >= 0.3 is 16.5 Å². The molecule has 3 N–H and O–H groups in total. The zero-order valence-corrected chi connectivity index (χ0v) is 24.7. The second-order valence-electron chi connectivity index (χ2n) is 9.85. The van der Waals surface area contributed by atoms with Crippen LogP contribution in [0.2, 0.25) is 0 Å². The Morgan fingerprint density at radius 1 is 0.500 bits per heavy atom. The maximum Gasteiger partial charge on any atom is 2.00 e. The van der Waals surface area contributed by atoms with Gasteiger partial charge in [-0.05, 0) is 45.9 Å². The fraction of sp³-hybridized carbons (Fsp3) is 0.571. The van der Waals surface area contributed by atoms with Crippen LogP contribution in [0.15, 0.2) is 36.4 Å². The molecule has 0 bridgehead atoms. The van der Waals surface area contributed by atoms with Crippen molar-refractivity contribution in [2.45, 2.75) is 79.1 Å². The van der Waals surface area contributed by atoms with E-state index in [4.69, 9.17) is 0 Å². The molecule has 0 amide bonds. The predicted octanol–water partition coefficient (Wildman–Crippen LogP) is 1.30. The van der Waals surface area contributed by atoms with Gasteiger partial charge in [-0.3, -0.25) is 0 Å². The maximum atomic E-state index is 3.72. The van der Waals surface area contributed by atoms with Gasteiger partial charge in [-0.2, -0.15) is 0 Å². The van der Waals surface area contributed by atoms with Gasteiger partial charge in [0, 0.05) is 37.6 Å². The molecule has 0 radical (unpaired) electrons. The Bertz CT molecular complexity index is 703. The predicted molar refractivity (Wildman–Crippen MR) is 139 cm³/mol. The van der Waals surface area contributed by atoms with E-state index in [-0.39, 0.29) is 41.3 Å². The van der Waals surface area contributed by atoms with E-state index in [1.165, 1.54) is 33.6 Å². The average Bonchev–Trinajstić information content (AvgIpc) is 2.72. The normalized spacial score (nSPS) is 10.7.